The topological polar surface area (TPSA) is 53.4 Å². The van der Waals surface area contributed by atoms with Gasteiger partial charge in [-0.05, 0) is 30.7 Å². The maximum absolute atomic E-state index is 13.7. The number of aromatic nitrogens is 1. The van der Waals surface area contributed by atoms with Gasteiger partial charge in [-0.1, -0.05) is 0 Å². The zero-order valence-corrected chi connectivity index (χ0v) is 8.61. The molecule has 0 saturated heterocycles. The minimum atomic E-state index is -0.837. The second kappa shape index (κ2) is 3.81. The van der Waals surface area contributed by atoms with Crippen molar-refractivity contribution in [3.8, 4) is 22.6 Å². The third kappa shape index (κ3) is 1.58. The predicted octanol–water partition coefficient (Wildman–Crippen LogP) is 2.61. The van der Waals surface area contributed by atoms with Crippen molar-refractivity contribution in [1.29, 1.82) is 0 Å². The predicted molar refractivity (Wildman–Crippen MR) is 57.7 cm³/mol. The number of aryl methyl sites for hydroxylation is 1. The second-order valence-corrected chi connectivity index (χ2v) is 3.49. The Morgan fingerprint density at radius 3 is 2.56 bits per heavy atom. The quantitative estimate of drug-likeness (QED) is 0.725. The van der Waals surface area contributed by atoms with Gasteiger partial charge in [0.05, 0.1) is 0 Å². The molecule has 82 valence electrons. The first-order valence-electron chi connectivity index (χ1n) is 4.72. The lowest BCUT2D eigenvalue weighted by Crippen LogP contribution is -1.89. The Bertz CT molecular complexity index is 541. The van der Waals surface area contributed by atoms with Crippen molar-refractivity contribution in [2.24, 2.45) is 0 Å². The van der Waals surface area contributed by atoms with Gasteiger partial charge in [0.2, 0.25) is 0 Å². The van der Waals surface area contributed by atoms with E-state index in [9.17, 15) is 9.50 Å². The van der Waals surface area contributed by atoms with E-state index in [2.05, 4.69) is 4.98 Å². The Morgan fingerprint density at radius 2 is 1.88 bits per heavy atom. The first-order chi connectivity index (χ1) is 7.61. The summed E-state index contributed by atoms with van der Waals surface area (Å²) in [6.07, 6.45) is 3.13. The summed E-state index contributed by atoms with van der Waals surface area (Å²) in [4.78, 5) is 3.90. The van der Waals surface area contributed by atoms with Crippen molar-refractivity contribution in [2.45, 2.75) is 6.92 Å². The number of halogens is 1. The number of phenolic OH excluding ortho intramolecular Hbond substituents is 2. The molecule has 0 aliphatic rings. The molecule has 0 amide bonds. The molecule has 2 aromatic rings. The average Bonchev–Trinajstić information content (AvgIpc) is 2.28. The average molecular weight is 219 g/mol. The Hall–Kier alpha value is -2.10. The van der Waals surface area contributed by atoms with Crippen LogP contribution in [0.2, 0.25) is 0 Å². The van der Waals surface area contributed by atoms with Gasteiger partial charge in [0.25, 0.3) is 0 Å². The van der Waals surface area contributed by atoms with Crippen LogP contribution < -0.4 is 0 Å². The van der Waals surface area contributed by atoms with Crippen molar-refractivity contribution in [3.05, 3.63) is 42.0 Å². The number of aromatic hydroxyl groups is 2. The summed E-state index contributed by atoms with van der Waals surface area (Å²) in [5.74, 6) is -2.04. The Labute approximate surface area is 91.8 Å². The minimum absolute atomic E-state index is 0.223. The van der Waals surface area contributed by atoms with Gasteiger partial charge in [0.1, 0.15) is 0 Å². The molecule has 0 aliphatic carbocycles. The van der Waals surface area contributed by atoms with Gasteiger partial charge in [-0.3, -0.25) is 4.98 Å². The maximum atomic E-state index is 13.7. The highest BCUT2D eigenvalue weighted by molar-refractivity contribution is 5.69. The number of rotatable bonds is 1. The highest BCUT2D eigenvalue weighted by atomic mass is 19.1. The summed E-state index contributed by atoms with van der Waals surface area (Å²) in [7, 11) is 0. The van der Waals surface area contributed by atoms with Crippen LogP contribution in [0, 0.1) is 12.7 Å². The smallest absolute Gasteiger partial charge is 0.194 e. The molecule has 0 radical (unpaired) electrons. The monoisotopic (exact) mass is 219 g/mol. The fourth-order valence-electron chi connectivity index (χ4n) is 1.51. The van der Waals surface area contributed by atoms with E-state index in [1.165, 1.54) is 18.3 Å². The number of benzene rings is 1. The summed E-state index contributed by atoms with van der Waals surface area (Å²) in [6, 6.07) is 4.41. The highest BCUT2D eigenvalue weighted by Crippen LogP contribution is 2.35. The van der Waals surface area contributed by atoms with Gasteiger partial charge in [0.15, 0.2) is 17.3 Å². The Morgan fingerprint density at radius 1 is 1.12 bits per heavy atom. The van der Waals surface area contributed by atoms with E-state index in [0.29, 0.717) is 5.56 Å². The molecule has 0 bridgehead atoms. The van der Waals surface area contributed by atoms with E-state index in [-0.39, 0.29) is 5.56 Å². The van der Waals surface area contributed by atoms with E-state index in [1.807, 2.05) is 6.92 Å². The fourth-order valence-corrected chi connectivity index (χ4v) is 1.51. The van der Waals surface area contributed by atoms with Gasteiger partial charge in [-0.2, -0.15) is 0 Å². The van der Waals surface area contributed by atoms with Crippen LogP contribution in [-0.2, 0) is 0 Å². The molecule has 0 unspecified atom stereocenters. The summed E-state index contributed by atoms with van der Waals surface area (Å²) < 4.78 is 13.7. The van der Waals surface area contributed by atoms with Crippen molar-refractivity contribution >= 4 is 0 Å². The number of hydrogen-bond acceptors (Lipinski definition) is 3. The molecule has 1 heterocycles. The minimum Gasteiger partial charge on any atom is -0.504 e. The SMILES string of the molecule is Cc1ccncc1-c1ccc(O)c(O)c1F. The zero-order valence-electron chi connectivity index (χ0n) is 8.61. The van der Waals surface area contributed by atoms with E-state index < -0.39 is 17.3 Å². The number of nitrogens with zero attached hydrogens (tertiary/aromatic N) is 1. The Balaban J connectivity index is 2.66. The molecule has 16 heavy (non-hydrogen) atoms. The van der Waals surface area contributed by atoms with Crippen LogP contribution in [0.25, 0.3) is 11.1 Å². The molecule has 1 aromatic carbocycles. The van der Waals surface area contributed by atoms with Gasteiger partial charge in [-0.15, -0.1) is 0 Å². The number of hydrogen-bond donors (Lipinski definition) is 2. The van der Waals surface area contributed by atoms with Crippen LogP contribution >= 0.6 is 0 Å². The third-order valence-electron chi connectivity index (χ3n) is 2.42. The molecule has 0 fully saturated rings. The molecule has 3 nitrogen and oxygen atoms in total. The molecule has 2 N–H and O–H groups in total. The summed E-state index contributed by atoms with van der Waals surface area (Å²) in [5, 5.41) is 18.4. The van der Waals surface area contributed by atoms with Gasteiger partial charge >= 0.3 is 0 Å². The lowest BCUT2D eigenvalue weighted by atomic mass is 10.0. The zero-order chi connectivity index (χ0) is 11.7. The standard InChI is InChI=1S/C12H10FNO2/c1-7-4-5-14-6-9(7)8-2-3-10(15)12(16)11(8)13/h2-6,15-16H,1H3. The lowest BCUT2D eigenvalue weighted by molar-refractivity contribution is 0.380. The van der Waals surface area contributed by atoms with Crippen molar-refractivity contribution in [3.63, 3.8) is 0 Å². The van der Waals surface area contributed by atoms with E-state index in [4.69, 9.17) is 5.11 Å². The van der Waals surface area contributed by atoms with Crippen LogP contribution in [0.3, 0.4) is 0 Å². The molecular formula is C12H10FNO2. The number of pyridine rings is 1. The number of phenols is 2. The molecule has 0 spiro atoms. The van der Waals surface area contributed by atoms with Crippen molar-refractivity contribution < 1.29 is 14.6 Å². The van der Waals surface area contributed by atoms with Crippen LogP contribution in [-0.4, -0.2) is 15.2 Å². The second-order valence-electron chi connectivity index (χ2n) is 3.49. The third-order valence-corrected chi connectivity index (χ3v) is 2.42. The molecule has 4 heteroatoms. The van der Waals surface area contributed by atoms with E-state index in [1.54, 1.807) is 12.3 Å². The molecule has 0 aliphatic heterocycles. The summed E-state index contributed by atoms with van der Waals surface area (Å²) >= 11 is 0. The molecule has 2 rings (SSSR count). The first kappa shape index (κ1) is 10.4. The van der Waals surface area contributed by atoms with Crippen LogP contribution in [0.4, 0.5) is 4.39 Å². The van der Waals surface area contributed by atoms with Gasteiger partial charge in [0, 0.05) is 23.5 Å². The normalized spacial score (nSPS) is 10.4. The maximum Gasteiger partial charge on any atom is 0.194 e. The van der Waals surface area contributed by atoms with Crippen molar-refractivity contribution in [2.75, 3.05) is 0 Å². The van der Waals surface area contributed by atoms with Crippen molar-refractivity contribution in [1.82, 2.24) is 4.98 Å². The van der Waals surface area contributed by atoms with Gasteiger partial charge in [-0.25, -0.2) is 4.39 Å². The largest absolute Gasteiger partial charge is 0.504 e. The van der Waals surface area contributed by atoms with E-state index in [0.717, 1.165) is 5.56 Å². The molecule has 0 saturated carbocycles. The van der Waals surface area contributed by atoms with Gasteiger partial charge < -0.3 is 10.2 Å². The summed E-state index contributed by atoms with van der Waals surface area (Å²) in [6.45, 7) is 1.82. The molecular weight excluding hydrogens is 209 g/mol. The van der Waals surface area contributed by atoms with Crippen LogP contribution in [0.15, 0.2) is 30.6 Å². The van der Waals surface area contributed by atoms with Crippen LogP contribution in [0.1, 0.15) is 5.56 Å². The first-order valence-corrected chi connectivity index (χ1v) is 4.72. The molecule has 0 atom stereocenters. The lowest BCUT2D eigenvalue weighted by Gasteiger charge is -2.08. The molecule has 1 aromatic heterocycles. The fraction of sp³-hybridized carbons (Fsp3) is 0.0833. The van der Waals surface area contributed by atoms with Crippen LogP contribution in [0.5, 0.6) is 11.5 Å². The van der Waals surface area contributed by atoms with E-state index >= 15 is 0 Å². The Kier molecular flexibility index (Phi) is 2.48. The summed E-state index contributed by atoms with van der Waals surface area (Å²) in [5.41, 5.74) is 1.66. The highest BCUT2D eigenvalue weighted by Gasteiger charge is 2.14.